The molecule has 0 saturated carbocycles. The topological polar surface area (TPSA) is 59.8 Å². The largest absolute Gasteiger partial charge is 0.457 e. The molecule has 0 saturated heterocycles. The van der Waals surface area contributed by atoms with Crippen LogP contribution < -0.4 is 9.46 Å². The third-order valence-electron chi connectivity index (χ3n) is 2.36. The summed E-state index contributed by atoms with van der Waals surface area (Å²) < 4.78 is 30.7. The number of benzene rings is 2. The van der Waals surface area contributed by atoms with E-state index in [1.54, 1.807) is 24.3 Å². The molecule has 0 atom stereocenters. The summed E-state index contributed by atoms with van der Waals surface area (Å²) in [6, 6.07) is 13.5. The van der Waals surface area contributed by atoms with E-state index in [9.17, 15) is 8.42 Å². The summed E-state index contributed by atoms with van der Waals surface area (Å²) in [5.41, 5.74) is 0.665. The lowest BCUT2D eigenvalue weighted by Gasteiger charge is -2.12. The van der Waals surface area contributed by atoms with E-state index in [1.807, 2.05) is 6.07 Å². The van der Waals surface area contributed by atoms with E-state index in [1.165, 1.54) is 18.2 Å². The standard InChI is InChI=1S/C14H12N2O3S/c1-15-11-8-9-13(16-20(2,17)18)14(10-11)19-12-6-4-3-5-7-12/h3-10,16H,2H3. The molecule has 0 radical (unpaired) electrons. The summed E-state index contributed by atoms with van der Waals surface area (Å²) in [6.07, 6.45) is 1.06. The van der Waals surface area contributed by atoms with E-state index in [0.717, 1.165) is 6.26 Å². The van der Waals surface area contributed by atoms with E-state index in [0.29, 0.717) is 17.1 Å². The highest BCUT2D eigenvalue weighted by Crippen LogP contribution is 2.33. The van der Waals surface area contributed by atoms with Gasteiger partial charge in [-0.2, -0.15) is 0 Å². The Morgan fingerprint density at radius 3 is 2.45 bits per heavy atom. The molecule has 0 spiro atoms. The van der Waals surface area contributed by atoms with Crippen molar-refractivity contribution in [2.24, 2.45) is 0 Å². The van der Waals surface area contributed by atoms with Gasteiger partial charge in [-0.05, 0) is 24.3 Å². The monoisotopic (exact) mass is 288 g/mol. The predicted molar refractivity (Wildman–Crippen MR) is 77.7 cm³/mol. The molecule has 102 valence electrons. The number of rotatable bonds is 4. The number of para-hydroxylation sites is 1. The molecule has 0 aliphatic heterocycles. The van der Waals surface area contributed by atoms with E-state index in [-0.39, 0.29) is 5.75 Å². The second kappa shape index (κ2) is 5.63. The Bertz CT molecular complexity index is 750. The fraction of sp³-hybridized carbons (Fsp3) is 0.0714. The molecule has 6 heteroatoms. The lowest BCUT2D eigenvalue weighted by molar-refractivity contribution is 0.485. The summed E-state index contributed by atoms with van der Waals surface area (Å²) in [4.78, 5) is 3.30. The van der Waals surface area contributed by atoms with Crippen molar-refractivity contribution >= 4 is 21.4 Å². The zero-order valence-electron chi connectivity index (χ0n) is 10.7. The number of nitrogens with one attached hydrogen (secondary N) is 1. The summed E-state index contributed by atoms with van der Waals surface area (Å²) in [5.74, 6) is 0.848. The van der Waals surface area contributed by atoms with Crippen LogP contribution in [0.3, 0.4) is 0 Å². The molecule has 0 aliphatic rings. The molecule has 0 heterocycles. The Balaban J connectivity index is 2.40. The van der Waals surface area contributed by atoms with Gasteiger partial charge in [0.2, 0.25) is 10.0 Å². The maximum atomic E-state index is 11.3. The molecule has 0 bridgehead atoms. The Morgan fingerprint density at radius 1 is 1.15 bits per heavy atom. The van der Waals surface area contributed by atoms with Gasteiger partial charge in [0.05, 0.1) is 18.5 Å². The van der Waals surface area contributed by atoms with Gasteiger partial charge in [0.25, 0.3) is 0 Å². The highest BCUT2D eigenvalue weighted by atomic mass is 32.2. The molecule has 20 heavy (non-hydrogen) atoms. The third kappa shape index (κ3) is 3.73. The normalized spacial score (nSPS) is 10.6. The van der Waals surface area contributed by atoms with Gasteiger partial charge in [0.15, 0.2) is 5.69 Å². The van der Waals surface area contributed by atoms with E-state index >= 15 is 0 Å². The molecular weight excluding hydrogens is 276 g/mol. The van der Waals surface area contributed by atoms with E-state index < -0.39 is 10.0 Å². The number of anilines is 1. The number of hydrogen-bond donors (Lipinski definition) is 1. The van der Waals surface area contributed by atoms with Gasteiger partial charge >= 0.3 is 0 Å². The SMILES string of the molecule is [C-]#[N+]c1ccc(NS(C)(=O)=O)c(Oc2ccccc2)c1. The van der Waals surface area contributed by atoms with Gasteiger partial charge in [-0.15, -0.1) is 0 Å². The van der Waals surface area contributed by atoms with Crippen LogP contribution in [0.25, 0.3) is 4.85 Å². The molecule has 0 amide bonds. The van der Waals surface area contributed by atoms with Gasteiger partial charge in [0, 0.05) is 0 Å². The zero-order valence-corrected chi connectivity index (χ0v) is 11.5. The number of hydrogen-bond acceptors (Lipinski definition) is 3. The highest BCUT2D eigenvalue weighted by molar-refractivity contribution is 7.92. The zero-order chi connectivity index (χ0) is 14.6. The van der Waals surface area contributed by atoms with Crippen molar-refractivity contribution < 1.29 is 13.2 Å². The molecule has 0 aliphatic carbocycles. The Hall–Kier alpha value is -2.52. The summed E-state index contributed by atoms with van der Waals surface area (Å²) >= 11 is 0. The Morgan fingerprint density at radius 2 is 1.85 bits per heavy atom. The first-order valence-electron chi connectivity index (χ1n) is 5.70. The number of sulfonamides is 1. The maximum absolute atomic E-state index is 11.3. The van der Waals surface area contributed by atoms with Crippen LogP contribution >= 0.6 is 0 Å². The van der Waals surface area contributed by atoms with Crippen LogP contribution in [-0.4, -0.2) is 14.7 Å². The van der Waals surface area contributed by atoms with Crippen LogP contribution in [0.2, 0.25) is 0 Å². The summed E-state index contributed by atoms with van der Waals surface area (Å²) in [5, 5.41) is 0. The number of ether oxygens (including phenoxy) is 1. The Labute approximate surface area is 117 Å². The van der Waals surface area contributed by atoms with Gasteiger partial charge in [-0.1, -0.05) is 24.3 Å². The quantitative estimate of drug-likeness (QED) is 0.877. The van der Waals surface area contributed by atoms with Crippen molar-refractivity contribution in [1.82, 2.24) is 0 Å². The molecular formula is C14H12N2O3S. The van der Waals surface area contributed by atoms with Gasteiger partial charge < -0.3 is 4.74 Å². The smallest absolute Gasteiger partial charge is 0.229 e. The highest BCUT2D eigenvalue weighted by Gasteiger charge is 2.10. The second-order valence-corrected chi connectivity index (χ2v) is 5.83. The average Bonchev–Trinajstić information content (AvgIpc) is 2.40. The Kier molecular flexibility index (Phi) is 3.91. The van der Waals surface area contributed by atoms with E-state index in [2.05, 4.69) is 9.57 Å². The van der Waals surface area contributed by atoms with Crippen molar-refractivity contribution in [3.05, 3.63) is 59.9 Å². The van der Waals surface area contributed by atoms with Crippen LogP contribution in [0, 0.1) is 6.57 Å². The minimum absolute atomic E-state index is 0.287. The van der Waals surface area contributed by atoms with Crippen molar-refractivity contribution in [2.45, 2.75) is 0 Å². The molecule has 2 aromatic carbocycles. The van der Waals surface area contributed by atoms with Crippen LogP contribution in [0.15, 0.2) is 48.5 Å². The lowest BCUT2D eigenvalue weighted by atomic mass is 10.2. The molecule has 1 N–H and O–H groups in total. The van der Waals surface area contributed by atoms with Gasteiger partial charge in [-0.3, -0.25) is 4.72 Å². The van der Waals surface area contributed by atoms with Crippen molar-refractivity contribution in [3.63, 3.8) is 0 Å². The molecule has 5 nitrogen and oxygen atoms in total. The minimum atomic E-state index is -3.42. The van der Waals surface area contributed by atoms with Crippen molar-refractivity contribution in [1.29, 1.82) is 0 Å². The van der Waals surface area contributed by atoms with E-state index in [4.69, 9.17) is 11.3 Å². The van der Waals surface area contributed by atoms with Crippen LogP contribution in [-0.2, 0) is 10.0 Å². The molecule has 2 rings (SSSR count). The van der Waals surface area contributed by atoms with Crippen LogP contribution in [0.1, 0.15) is 0 Å². The van der Waals surface area contributed by atoms with Crippen LogP contribution in [0.4, 0.5) is 11.4 Å². The van der Waals surface area contributed by atoms with Gasteiger partial charge in [-0.25, -0.2) is 13.3 Å². The maximum Gasteiger partial charge on any atom is 0.229 e. The fourth-order valence-electron chi connectivity index (χ4n) is 1.56. The summed E-state index contributed by atoms with van der Waals surface area (Å²) in [7, 11) is -3.42. The summed E-state index contributed by atoms with van der Waals surface area (Å²) in [6.45, 7) is 7.00. The molecule has 0 fully saturated rings. The first-order chi connectivity index (χ1) is 9.48. The first-order valence-corrected chi connectivity index (χ1v) is 7.59. The first kappa shape index (κ1) is 13.9. The number of nitrogens with zero attached hydrogens (tertiary/aromatic N) is 1. The average molecular weight is 288 g/mol. The fourth-order valence-corrected chi connectivity index (χ4v) is 2.13. The molecule has 0 unspecified atom stereocenters. The molecule has 2 aromatic rings. The van der Waals surface area contributed by atoms with Crippen molar-refractivity contribution in [2.75, 3.05) is 11.0 Å². The minimum Gasteiger partial charge on any atom is -0.457 e. The predicted octanol–water partition coefficient (Wildman–Crippen LogP) is 3.40. The third-order valence-corrected chi connectivity index (χ3v) is 2.95. The van der Waals surface area contributed by atoms with Crippen LogP contribution in [0.5, 0.6) is 11.5 Å². The molecule has 0 aromatic heterocycles. The second-order valence-electron chi connectivity index (χ2n) is 4.08. The van der Waals surface area contributed by atoms with Gasteiger partial charge in [0.1, 0.15) is 11.5 Å². The van der Waals surface area contributed by atoms with Crippen molar-refractivity contribution in [3.8, 4) is 11.5 Å². The lowest BCUT2D eigenvalue weighted by Crippen LogP contribution is -2.10.